The second-order valence-electron chi connectivity index (χ2n) is 4.32. The summed E-state index contributed by atoms with van der Waals surface area (Å²) in [7, 11) is -3.55. The summed E-state index contributed by atoms with van der Waals surface area (Å²) in [6, 6.07) is 2.48. The number of rotatable bonds is 4. The summed E-state index contributed by atoms with van der Waals surface area (Å²) in [6.45, 7) is 1.71. The number of H-pyrrole nitrogens is 1. The molecular formula is C11H16N2O4S. The molecule has 1 saturated heterocycles. The van der Waals surface area contributed by atoms with Crippen molar-refractivity contribution >= 4 is 10.0 Å². The van der Waals surface area contributed by atoms with Gasteiger partial charge in [-0.3, -0.25) is 4.79 Å². The van der Waals surface area contributed by atoms with Gasteiger partial charge in [-0.1, -0.05) is 0 Å². The van der Waals surface area contributed by atoms with E-state index in [4.69, 9.17) is 4.74 Å². The standard InChI is InChI=1S/C11H16N2O4S/c14-11-4-3-10(7-12-11)18(15,16)13-6-9-2-1-5-17-8-9/h3-4,7,9,13H,1-2,5-6,8H2,(H,12,14). The van der Waals surface area contributed by atoms with Crippen LogP contribution in [-0.2, 0) is 14.8 Å². The van der Waals surface area contributed by atoms with Crippen molar-refractivity contribution in [2.24, 2.45) is 5.92 Å². The fraction of sp³-hybridized carbons (Fsp3) is 0.545. The lowest BCUT2D eigenvalue weighted by Gasteiger charge is -2.22. The van der Waals surface area contributed by atoms with Gasteiger partial charge in [0, 0.05) is 25.4 Å². The Kier molecular flexibility index (Phi) is 4.15. The van der Waals surface area contributed by atoms with E-state index in [1.807, 2.05) is 0 Å². The Bertz CT molecular complexity index is 526. The number of aromatic amines is 1. The van der Waals surface area contributed by atoms with Gasteiger partial charge in [-0.05, 0) is 24.8 Å². The fourth-order valence-electron chi connectivity index (χ4n) is 1.84. The highest BCUT2D eigenvalue weighted by Gasteiger charge is 2.19. The van der Waals surface area contributed by atoms with E-state index >= 15 is 0 Å². The minimum absolute atomic E-state index is 0.0684. The summed E-state index contributed by atoms with van der Waals surface area (Å²) >= 11 is 0. The topological polar surface area (TPSA) is 88.3 Å². The molecule has 100 valence electrons. The quantitative estimate of drug-likeness (QED) is 0.812. The molecule has 1 aliphatic rings. The zero-order valence-corrected chi connectivity index (χ0v) is 10.7. The minimum atomic E-state index is -3.55. The third kappa shape index (κ3) is 3.41. The predicted molar refractivity (Wildman–Crippen MR) is 65.8 cm³/mol. The van der Waals surface area contributed by atoms with E-state index in [9.17, 15) is 13.2 Å². The molecule has 6 nitrogen and oxygen atoms in total. The third-order valence-electron chi connectivity index (χ3n) is 2.88. The number of pyridine rings is 1. The van der Waals surface area contributed by atoms with Crippen molar-refractivity contribution in [1.29, 1.82) is 0 Å². The first-order valence-electron chi connectivity index (χ1n) is 5.84. The van der Waals surface area contributed by atoms with Crippen molar-refractivity contribution < 1.29 is 13.2 Å². The lowest BCUT2D eigenvalue weighted by atomic mass is 10.0. The lowest BCUT2D eigenvalue weighted by molar-refractivity contribution is 0.0568. The molecule has 1 aliphatic heterocycles. The molecule has 2 rings (SSSR count). The molecule has 1 unspecified atom stereocenters. The summed E-state index contributed by atoms with van der Waals surface area (Å²) in [6.07, 6.45) is 3.13. The van der Waals surface area contributed by atoms with Crippen LogP contribution in [-0.4, -0.2) is 33.2 Å². The van der Waals surface area contributed by atoms with Gasteiger partial charge < -0.3 is 9.72 Å². The van der Waals surface area contributed by atoms with Crippen molar-refractivity contribution in [1.82, 2.24) is 9.71 Å². The smallest absolute Gasteiger partial charge is 0.247 e. The minimum Gasteiger partial charge on any atom is -0.381 e. The average Bonchev–Trinajstić information content (AvgIpc) is 2.38. The van der Waals surface area contributed by atoms with Crippen molar-refractivity contribution in [2.45, 2.75) is 17.7 Å². The highest BCUT2D eigenvalue weighted by Crippen LogP contribution is 2.13. The molecule has 18 heavy (non-hydrogen) atoms. The molecule has 0 bridgehead atoms. The van der Waals surface area contributed by atoms with Gasteiger partial charge in [-0.2, -0.15) is 0 Å². The molecule has 0 amide bonds. The van der Waals surface area contributed by atoms with Crippen molar-refractivity contribution in [3.05, 3.63) is 28.7 Å². The molecule has 1 atom stereocenters. The monoisotopic (exact) mass is 272 g/mol. The van der Waals surface area contributed by atoms with E-state index in [2.05, 4.69) is 9.71 Å². The maximum Gasteiger partial charge on any atom is 0.247 e. The first-order chi connectivity index (χ1) is 8.58. The molecule has 0 aliphatic carbocycles. The molecule has 2 N–H and O–H groups in total. The number of nitrogens with one attached hydrogen (secondary N) is 2. The molecule has 1 fully saturated rings. The van der Waals surface area contributed by atoms with Gasteiger partial charge in [-0.25, -0.2) is 13.1 Å². The van der Waals surface area contributed by atoms with Crippen LogP contribution in [0.4, 0.5) is 0 Å². The summed E-state index contributed by atoms with van der Waals surface area (Å²) < 4.78 is 31.6. The lowest BCUT2D eigenvalue weighted by Crippen LogP contribution is -2.33. The van der Waals surface area contributed by atoms with Crippen molar-refractivity contribution in [2.75, 3.05) is 19.8 Å². The Labute approximate surface area is 105 Å². The van der Waals surface area contributed by atoms with Gasteiger partial charge in [0.2, 0.25) is 15.6 Å². The Morgan fingerprint density at radius 2 is 2.28 bits per heavy atom. The van der Waals surface area contributed by atoms with Crippen LogP contribution < -0.4 is 10.3 Å². The maximum absolute atomic E-state index is 11.9. The summed E-state index contributed by atoms with van der Waals surface area (Å²) in [4.78, 5) is 13.3. The number of hydrogen-bond donors (Lipinski definition) is 2. The molecule has 2 heterocycles. The van der Waals surface area contributed by atoms with Gasteiger partial charge in [0.1, 0.15) is 0 Å². The largest absolute Gasteiger partial charge is 0.381 e. The molecule has 1 aromatic rings. The van der Waals surface area contributed by atoms with Gasteiger partial charge in [0.05, 0.1) is 11.5 Å². The zero-order valence-electron chi connectivity index (χ0n) is 9.89. The number of sulfonamides is 1. The Morgan fingerprint density at radius 1 is 1.44 bits per heavy atom. The summed E-state index contributed by atoms with van der Waals surface area (Å²) in [5.74, 6) is 0.219. The zero-order chi connectivity index (χ0) is 13.0. The van der Waals surface area contributed by atoms with Gasteiger partial charge in [-0.15, -0.1) is 0 Å². The van der Waals surface area contributed by atoms with E-state index in [1.54, 1.807) is 0 Å². The Morgan fingerprint density at radius 3 is 2.89 bits per heavy atom. The van der Waals surface area contributed by atoms with Crippen LogP contribution in [0, 0.1) is 5.92 Å². The molecule has 1 aromatic heterocycles. The third-order valence-corrected chi connectivity index (χ3v) is 4.30. The second kappa shape index (κ2) is 5.64. The molecule has 0 aromatic carbocycles. The maximum atomic E-state index is 11.9. The molecule has 0 saturated carbocycles. The van der Waals surface area contributed by atoms with E-state index < -0.39 is 10.0 Å². The first-order valence-corrected chi connectivity index (χ1v) is 7.32. The van der Waals surface area contributed by atoms with Crippen LogP contribution in [0.25, 0.3) is 0 Å². The van der Waals surface area contributed by atoms with Crippen molar-refractivity contribution in [3.8, 4) is 0 Å². The average molecular weight is 272 g/mol. The molecule has 7 heteroatoms. The van der Waals surface area contributed by atoms with Gasteiger partial charge >= 0.3 is 0 Å². The Balaban J connectivity index is 1.98. The highest BCUT2D eigenvalue weighted by molar-refractivity contribution is 7.89. The van der Waals surface area contributed by atoms with Crippen LogP contribution in [0.1, 0.15) is 12.8 Å². The van der Waals surface area contributed by atoms with E-state index in [1.165, 1.54) is 18.3 Å². The van der Waals surface area contributed by atoms with Crippen LogP contribution in [0.15, 0.2) is 28.0 Å². The van der Waals surface area contributed by atoms with Crippen LogP contribution in [0.3, 0.4) is 0 Å². The normalized spacial score (nSPS) is 20.8. The second-order valence-corrected chi connectivity index (χ2v) is 6.09. The SMILES string of the molecule is O=c1ccc(S(=O)(=O)NCC2CCCOC2)c[nH]1. The van der Waals surface area contributed by atoms with E-state index in [-0.39, 0.29) is 16.4 Å². The van der Waals surface area contributed by atoms with Gasteiger partial charge in [0.15, 0.2) is 0 Å². The van der Waals surface area contributed by atoms with E-state index in [0.717, 1.165) is 19.4 Å². The molecule has 0 spiro atoms. The molecular weight excluding hydrogens is 256 g/mol. The van der Waals surface area contributed by atoms with Gasteiger partial charge in [0.25, 0.3) is 0 Å². The first kappa shape index (κ1) is 13.3. The molecule has 0 radical (unpaired) electrons. The van der Waals surface area contributed by atoms with Crippen LogP contribution in [0.5, 0.6) is 0 Å². The predicted octanol–water partition coefficient (Wildman–Crippen LogP) is 0.0798. The number of aromatic nitrogens is 1. The number of hydrogen-bond acceptors (Lipinski definition) is 4. The highest BCUT2D eigenvalue weighted by atomic mass is 32.2. The van der Waals surface area contributed by atoms with Crippen molar-refractivity contribution in [3.63, 3.8) is 0 Å². The van der Waals surface area contributed by atoms with Crippen LogP contribution in [0.2, 0.25) is 0 Å². The van der Waals surface area contributed by atoms with E-state index in [0.29, 0.717) is 13.2 Å². The fourth-order valence-corrected chi connectivity index (χ4v) is 2.93. The number of ether oxygens (including phenoxy) is 1. The summed E-state index contributed by atoms with van der Waals surface area (Å²) in [5.41, 5.74) is -0.324. The Hall–Kier alpha value is -1.18. The summed E-state index contributed by atoms with van der Waals surface area (Å²) in [5, 5.41) is 0. The van der Waals surface area contributed by atoms with Crippen LogP contribution >= 0.6 is 0 Å².